The highest BCUT2D eigenvalue weighted by atomic mass is 16.2. The molecule has 1 N–H and O–H groups in total. The van der Waals surface area contributed by atoms with Gasteiger partial charge in [-0.1, -0.05) is 30.3 Å². The number of benzene rings is 1. The Morgan fingerprint density at radius 1 is 1.39 bits per heavy atom. The number of amides is 3. The number of hydrogen-bond acceptors (Lipinski definition) is 3. The summed E-state index contributed by atoms with van der Waals surface area (Å²) in [6.45, 7) is 0.387. The van der Waals surface area contributed by atoms with Gasteiger partial charge in [-0.25, -0.2) is 4.79 Å². The van der Waals surface area contributed by atoms with E-state index < -0.39 is 18.0 Å². The van der Waals surface area contributed by atoms with Crippen LogP contribution in [0.2, 0.25) is 0 Å². The number of carbonyl (C=O) groups excluding carboxylic acids is 2. The van der Waals surface area contributed by atoms with Gasteiger partial charge in [-0.2, -0.15) is 5.26 Å². The number of hydrogen-bond donors (Lipinski definition) is 1. The molecule has 18 heavy (non-hydrogen) atoms. The molecular weight excluding hydrogens is 230 g/mol. The maximum atomic E-state index is 11.4. The zero-order valence-corrected chi connectivity index (χ0v) is 9.54. The summed E-state index contributed by atoms with van der Waals surface area (Å²) in [5.41, 5.74) is 0.877. The lowest BCUT2D eigenvalue weighted by molar-refractivity contribution is -0.115. The van der Waals surface area contributed by atoms with Gasteiger partial charge in [0.2, 0.25) is 0 Å². The average molecular weight is 241 g/mol. The topological polar surface area (TPSA) is 73.0 Å². The minimum atomic E-state index is -0.524. The fourth-order valence-electron chi connectivity index (χ4n) is 1.43. The molecule has 1 unspecified atom stereocenters. The van der Waals surface area contributed by atoms with Gasteiger partial charge in [-0.05, 0) is 11.6 Å². The Labute approximate surface area is 104 Å². The van der Waals surface area contributed by atoms with E-state index in [1.54, 1.807) is 6.08 Å². The van der Waals surface area contributed by atoms with Gasteiger partial charge < -0.3 is 4.90 Å². The summed E-state index contributed by atoms with van der Waals surface area (Å²) in [6, 6.07) is 10.3. The van der Waals surface area contributed by atoms with Crippen molar-refractivity contribution in [3.63, 3.8) is 0 Å². The van der Waals surface area contributed by atoms with Crippen molar-refractivity contribution in [1.29, 1.82) is 5.26 Å². The van der Waals surface area contributed by atoms with Gasteiger partial charge in [-0.15, -0.1) is 0 Å². The molecule has 0 spiro atoms. The van der Waals surface area contributed by atoms with Crippen molar-refractivity contribution in [3.05, 3.63) is 42.0 Å². The number of carbonyl (C=O) groups is 2. The van der Waals surface area contributed by atoms with E-state index in [9.17, 15) is 9.59 Å². The van der Waals surface area contributed by atoms with Crippen LogP contribution in [0.25, 0.3) is 6.08 Å². The van der Waals surface area contributed by atoms with E-state index in [1.165, 1.54) is 11.0 Å². The van der Waals surface area contributed by atoms with Gasteiger partial charge >= 0.3 is 6.03 Å². The van der Waals surface area contributed by atoms with E-state index in [4.69, 9.17) is 5.26 Å². The Kier molecular flexibility index (Phi) is 3.39. The number of nitriles is 1. The Morgan fingerprint density at radius 2 is 2.11 bits per heavy atom. The average Bonchev–Trinajstić information content (AvgIpc) is 3.17. The third kappa shape index (κ3) is 2.95. The molecule has 5 nitrogen and oxygen atoms in total. The van der Waals surface area contributed by atoms with Gasteiger partial charge in [0.25, 0.3) is 5.91 Å². The van der Waals surface area contributed by atoms with Crippen molar-refractivity contribution >= 4 is 18.0 Å². The van der Waals surface area contributed by atoms with Gasteiger partial charge in [0.05, 0.1) is 12.6 Å². The molecule has 1 aromatic rings. The number of nitrogens with one attached hydrogen (secondary N) is 1. The quantitative estimate of drug-likeness (QED) is 0.623. The monoisotopic (exact) mass is 241 g/mol. The summed E-state index contributed by atoms with van der Waals surface area (Å²) in [7, 11) is 0. The van der Waals surface area contributed by atoms with Crippen LogP contribution in [0.5, 0.6) is 0 Å². The highest BCUT2D eigenvalue weighted by Gasteiger charge is 2.38. The Balaban J connectivity index is 1.85. The first-order chi connectivity index (χ1) is 8.70. The van der Waals surface area contributed by atoms with Gasteiger partial charge in [0, 0.05) is 6.08 Å². The smallest absolute Gasteiger partial charge is 0.303 e. The van der Waals surface area contributed by atoms with Crippen molar-refractivity contribution in [2.75, 3.05) is 6.54 Å². The van der Waals surface area contributed by atoms with Crippen molar-refractivity contribution < 1.29 is 9.59 Å². The van der Waals surface area contributed by atoms with Crippen molar-refractivity contribution in [3.8, 4) is 6.07 Å². The number of urea groups is 1. The molecule has 0 aromatic heterocycles. The molecule has 1 aliphatic rings. The number of nitrogens with zero attached hydrogens (tertiary/aromatic N) is 2. The van der Waals surface area contributed by atoms with Gasteiger partial charge in [0.1, 0.15) is 6.04 Å². The molecule has 1 aromatic carbocycles. The highest BCUT2D eigenvalue weighted by molar-refractivity contribution is 6.02. The molecule has 1 fully saturated rings. The molecule has 90 valence electrons. The van der Waals surface area contributed by atoms with E-state index in [0.29, 0.717) is 6.54 Å². The second-order valence-electron chi connectivity index (χ2n) is 3.84. The Morgan fingerprint density at radius 3 is 2.72 bits per heavy atom. The molecule has 0 radical (unpaired) electrons. The summed E-state index contributed by atoms with van der Waals surface area (Å²) < 4.78 is 0. The largest absolute Gasteiger partial charge is 0.325 e. The molecule has 0 saturated carbocycles. The molecule has 1 atom stereocenters. The van der Waals surface area contributed by atoms with Crippen LogP contribution in [0.1, 0.15) is 5.56 Å². The predicted molar refractivity (Wildman–Crippen MR) is 65.1 cm³/mol. The minimum absolute atomic E-state index is 0.387. The SMILES string of the molecule is N#CC1CN1C(=O)NC(=O)C=Cc1ccccc1. The summed E-state index contributed by atoms with van der Waals surface area (Å²) in [4.78, 5) is 24.1. The van der Waals surface area contributed by atoms with Crippen LogP contribution in [0.3, 0.4) is 0 Å². The molecule has 2 rings (SSSR count). The van der Waals surface area contributed by atoms with Crippen LogP contribution >= 0.6 is 0 Å². The third-order valence-electron chi connectivity index (χ3n) is 2.48. The molecule has 0 bridgehead atoms. The minimum Gasteiger partial charge on any atom is -0.303 e. The van der Waals surface area contributed by atoms with Crippen LogP contribution < -0.4 is 5.32 Å². The normalized spacial score (nSPS) is 17.3. The lowest BCUT2D eigenvalue weighted by atomic mass is 10.2. The number of imide groups is 1. The highest BCUT2D eigenvalue weighted by Crippen LogP contribution is 2.15. The van der Waals surface area contributed by atoms with Crippen LogP contribution in [0, 0.1) is 11.3 Å². The second-order valence-corrected chi connectivity index (χ2v) is 3.84. The molecular formula is C13H11N3O2. The maximum absolute atomic E-state index is 11.4. The molecule has 1 saturated heterocycles. The van der Waals surface area contributed by atoms with Crippen LogP contribution in [0.4, 0.5) is 4.79 Å². The van der Waals surface area contributed by atoms with E-state index >= 15 is 0 Å². The number of rotatable bonds is 2. The maximum Gasteiger partial charge on any atom is 0.325 e. The third-order valence-corrected chi connectivity index (χ3v) is 2.48. The van der Waals surface area contributed by atoms with E-state index in [1.807, 2.05) is 36.4 Å². The zero-order chi connectivity index (χ0) is 13.0. The van der Waals surface area contributed by atoms with Crippen molar-refractivity contribution in [1.82, 2.24) is 10.2 Å². The molecule has 1 heterocycles. The van der Waals surface area contributed by atoms with Crippen molar-refractivity contribution in [2.45, 2.75) is 6.04 Å². The summed E-state index contributed by atoms with van der Waals surface area (Å²) >= 11 is 0. The zero-order valence-electron chi connectivity index (χ0n) is 9.54. The van der Waals surface area contributed by atoms with E-state index in [2.05, 4.69) is 5.32 Å². The van der Waals surface area contributed by atoms with E-state index in [0.717, 1.165) is 5.56 Å². The van der Waals surface area contributed by atoms with Crippen LogP contribution in [-0.2, 0) is 4.79 Å². The first-order valence-corrected chi connectivity index (χ1v) is 5.45. The van der Waals surface area contributed by atoms with Gasteiger partial charge in [-0.3, -0.25) is 10.1 Å². The first-order valence-electron chi connectivity index (χ1n) is 5.45. The predicted octanol–water partition coefficient (Wildman–Crippen LogP) is 1.14. The molecule has 1 aliphatic heterocycles. The lowest BCUT2D eigenvalue weighted by Gasteiger charge is -2.01. The summed E-state index contributed by atoms with van der Waals surface area (Å²) in [6.07, 6.45) is 2.91. The van der Waals surface area contributed by atoms with E-state index in [-0.39, 0.29) is 0 Å². The molecule has 5 heteroatoms. The fraction of sp³-hybridized carbons (Fsp3) is 0.154. The van der Waals surface area contributed by atoms with Crippen molar-refractivity contribution in [2.24, 2.45) is 0 Å². The van der Waals surface area contributed by atoms with Gasteiger partial charge in [0.15, 0.2) is 0 Å². The lowest BCUT2D eigenvalue weighted by Crippen LogP contribution is -2.33. The summed E-state index contributed by atoms with van der Waals surface area (Å²) in [5, 5.41) is 10.7. The second kappa shape index (κ2) is 5.15. The molecule has 0 aliphatic carbocycles. The molecule has 3 amide bonds. The fourth-order valence-corrected chi connectivity index (χ4v) is 1.43. The van der Waals surface area contributed by atoms with Crippen LogP contribution in [-0.4, -0.2) is 29.4 Å². The Hall–Kier alpha value is -2.61. The summed E-state index contributed by atoms with van der Waals surface area (Å²) in [5.74, 6) is -0.493. The standard InChI is InChI=1S/C13H11N3O2/c14-8-11-9-16(11)13(18)15-12(17)7-6-10-4-2-1-3-5-10/h1-7,11H,9H2,(H,15,17,18). The van der Waals surface area contributed by atoms with Crippen LogP contribution in [0.15, 0.2) is 36.4 Å². The Bertz CT molecular complexity index is 531. The first kappa shape index (κ1) is 11.9.